The van der Waals surface area contributed by atoms with Crippen molar-refractivity contribution in [1.29, 1.82) is 0 Å². The van der Waals surface area contributed by atoms with Gasteiger partial charge in [0.15, 0.2) is 0 Å². The summed E-state index contributed by atoms with van der Waals surface area (Å²) in [4.78, 5) is 2.42. The van der Waals surface area contributed by atoms with Gasteiger partial charge in [-0.15, -0.1) is 0 Å². The van der Waals surface area contributed by atoms with Crippen LogP contribution in [0.1, 0.15) is 16.7 Å². The second kappa shape index (κ2) is 6.77. The van der Waals surface area contributed by atoms with Gasteiger partial charge < -0.3 is 9.64 Å². The molecular formula is C19H23NO. The van der Waals surface area contributed by atoms with Crippen molar-refractivity contribution in [2.24, 2.45) is 0 Å². The number of ether oxygens (including phenoxy) is 1. The summed E-state index contributed by atoms with van der Waals surface area (Å²) >= 11 is 0. The number of hydrogen-bond donors (Lipinski definition) is 0. The van der Waals surface area contributed by atoms with E-state index in [2.05, 4.69) is 60.4 Å². The molecule has 0 spiro atoms. The van der Waals surface area contributed by atoms with Crippen molar-refractivity contribution in [2.75, 3.05) is 31.2 Å². The zero-order valence-electron chi connectivity index (χ0n) is 12.7. The quantitative estimate of drug-likeness (QED) is 0.848. The Morgan fingerprint density at radius 3 is 2.38 bits per heavy atom. The molecule has 1 aliphatic rings. The Morgan fingerprint density at radius 1 is 0.905 bits per heavy atom. The number of hydrogen-bond acceptors (Lipinski definition) is 2. The van der Waals surface area contributed by atoms with Gasteiger partial charge >= 0.3 is 0 Å². The standard InChI is InChI=1S/C19H23NO/c1-16-5-7-17(8-6-16)9-10-18-3-2-4-19(15-18)20-11-13-21-14-12-20/h2-8,15H,9-14H2,1H3. The molecule has 0 radical (unpaired) electrons. The van der Waals surface area contributed by atoms with Crippen molar-refractivity contribution >= 4 is 5.69 Å². The van der Waals surface area contributed by atoms with Gasteiger partial charge in [0.05, 0.1) is 13.2 Å². The average molecular weight is 281 g/mol. The second-order valence-electron chi connectivity index (χ2n) is 5.75. The predicted molar refractivity (Wildman–Crippen MR) is 88.1 cm³/mol. The first-order valence-electron chi connectivity index (χ1n) is 7.78. The van der Waals surface area contributed by atoms with Crippen LogP contribution in [0.3, 0.4) is 0 Å². The normalized spacial score (nSPS) is 15.2. The van der Waals surface area contributed by atoms with Crippen LogP contribution in [0.15, 0.2) is 48.5 Å². The number of benzene rings is 2. The first-order chi connectivity index (χ1) is 10.3. The Hall–Kier alpha value is -1.80. The summed E-state index contributed by atoms with van der Waals surface area (Å²) in [5.74, 6) is 0. The fraction of sp³-hybridized carbons (Fsp3) is 0.368. The largest absolute Gasteiger partial charge is 0.378 e. The van der Waals surface area contributed by atoms with Crippen LogP contribution in [0.4, 0.5) is 5.69 Å². The maximum absolute atomic E-state index is 5.42. The number of anilines is 1. The van der Waals surface area contributed by atoms with Crippen LogP contribution >= 0.6 is 0 Å². The molecule has 0 aromatic heterocycles. The number of nitrogens with zero attached hydrogens (tertiary/aromatic N) is 1. The average Bonchev–Trinajstić information content (AvgIpc) is 2.55. The highest BCUT2D eigenvalue weighted by Gasteiger charge is 2.11. The minimum Gasteiger partial charge on any atom is -0.378 e. The van der Waals surface area contributed by atoms with Crippen molar-refractivity contribution in [3.8, 4) is 0 Å². The molecule has 0 saturated carbocycles. The van der Waals surface area contributed by atoms with Crippen molar-refractivity contribution < 1.29 is 4.74 Å². The summed E-state index contributed by atoms with van der Waals surface area (Å²) in [6, 6.07) is 17.8. The van der Waals surface area contributed by atoms with E-state index in [1.54, 1.807) is 0 Å². The Bertz CT molecular complexity index is 570. The van der Waals surface area contributed by atoms with Gasteiger partial charge in [0, 0.05) is 18.8 Å². The molecule has 2 aromatic carbocycles. The molecule has 1 saturated heterocycles. The van der Waals surface area contributed by atoms with E-state index >= 15 is 0 Å². The molecule has 2 aromatic rings. The van der Waals surface area contributed by atoms with Gasteiger partial charge in [0.25, 0.3) is 0 Å². The lowest BCUT2D eigenvalue weighted by atomic mass is 10.0. The van der Waals surface area contributed by atoms with Crippen molar-refractivity contribution in [2.45, 2.75) is 19.8 Å². The van der Waals surface area contributed by atoms with Gasteiger partial charge in [-0.2, -0.15) is 0 Å². The molecule has 2 heteroatoms. The van der Waals surface area contributed by atoms with Crippen LogP contribution < -0.4 is 4.90 Å². The summed E-state index contributed by atoms with van der Waals surface area (Å²) in [6.07, 6.45) is 2.20. The topological polar surface area (TPSA) is 12.5 Å². The van der Waals surface area contributed by atoms with E-state index in [4.69, 9.17) is 4.74 Å². The van der Waals surface area contributed by atoms with E-state index in [1.807, 2.05) is 0 Å². The van der Waals surface area contributed by atoms with Crippen LogP contribution in [0, 0.1) is 6.92 Å². The molecule has 21 heavy (non-hydrogen) atoms. The molecule has 0 aliphatic carbocycles. The molecule has 0 bridgehead atoms. The molecular weight excluding hydrogens is 258 g/mol. The maximum atomic E-state index is 5.42. The van der Waals surface area contributed by atoms with E-state index < -0.39 is 0 Å². The lowest BCUT2D eigenvalue weighted by Crippen LogP contribution is -2.36. The van der Waals surface area contributed by atoms with Crippen LogP contribution in [0.25, 0.3) is 0 Å². The van der Waals surface area contributed by atoms with Gasteiger partial charge in [0.2, 0.25) is 0 Å². The molecule has 1 heterocycles. The van der Waals surface area contributed by atoms with Crippen LogP contribution in [0.5, 0.6) is 0 Å². The molecule has 3 rings (SSSR count). The van der Waals surface area contributed by atoms with Crippen LogP contribution in [-0.2, 0) is 17.6 Å². The highest BCUT2D eigenvalue weighted by molar-refractivity contribution is 5.49. The van der Waals surface area contributed by atoms with Gasteiger partial charge in [-0.3, -0.25) is 0 Å². The van der Waals surface area contributed by atoms with E-state index in [9.17, 15) is 0 Å². The summed E-state index contributed by atoms with van der Waals surface area (Å²) < 4.78 is 5.42. The van der Waals surface area contributed by atoms with Crippen LogP contribution in [0.2, 0.25) is 0 Å². The molecule has 0 N–H and O–H groups in total. The summed E-state index contributed by atoms with van der Waals surface area (Å²) in [7, 11) is 0. The van der Waals surface area contributed by atoms with Gasteiger partial charge in [-0.1, -0.05) is 42.0 Å². The highest BCUT2D eigenvalue weighted by atomic mass is 16.5. The second-order valence-corrected chi connectivity index (χ2v) is 5.75. The first kappa shape index (κ1) is 14.2. The Labute approximate surface area is 127 Å². The number of rotatable bonds is 4. The Morgan fingerprint density at radius 2 is 1.62 bits per heavy atom. The minimum atomic E-state index is 0.841. The highest BCUT2D eigenvalue weighted by Crippen LogP contribution is 2.19. The Balaban J connectivity index is 1.64. The monoisotopic (exact) mass is 281 g/mol. The first-order valence-corrected chi connectivity index (χ1v) is 7.78. The van der Waals surface area contributed by atoms with Crippen molar-refractivity contribution in [3.63, 3.8) is 0 Å². The minimum absolute atomic E-state index is 0.841. The number of morpholine rings is 1. The SMILES string of the molecule is Cc1ccc(CCc2cccc(N3CCOCC3)c2)cc1. The molecule has 0 unspecified atom stereocenters. The lowest BCUT2D eigenvalue weighted by molar-refractivity contribution is 0.122. The molecule has 2 nitrogen and oxygen atoms in total. The fourth-order valence-corrected chi connectivity index (χ4v) is 2.77. The van der Waals surface area contributed by atoms with Crippen molar-refractivity contribution in [3.05, 3.63) is 65.2 Å². The zero-order valence-corrected chi connectivity index (χ0v) is 12.7. The van der Waals surface area contributed by atoms with Crippen molar-refractivity contribution in [1.82, 2.24) is 0 Å². The third-order valence-electron chi connectivity index (χ3n) is 4.11. The molecule has 0 atom stereocenters. The molecule has 1 aliphatic heterocycles. The summed E-state index contributed by atoms with van der Waals surface area (Å²) in [5.41, 5.74) is 5.49. The summed E-state index contributed by atoms with van der Waals surface area (Å²) in [5, 5.41) is 0. The molecule has 1 fully saturated rings. The van der Waals surface area contributed by atoms with E-state index in [0.717, 1.165) is 39.1 Å². The fourth-order valence-electron chi connectivity index (χ4n) is 2.77. The molecule has 110 valence electrons. The summed E-state index contributed by atoms with van der Waals surface area (Å²) in [6.45, 7) is 5.82. The number of aryl methyl sites for hydroxylation is 3. The van der Waals surface area contributed by atoms with Gasteiger partial charge in [-0.25, -0.2) is 0 Å². The lowest BCUT2D eigenvalue weighted by Gasteiger charge is -2.29. The van der Waals surface area contributed by atoms with E-state index in [-0.39, 0.29) is 0 Å². The maximum Gasteiger partial charge on any atom is 0.0642 e. The third kappa shape index (κ3) is 3.85. The van der Waals surface area contributed by atoms with E-state index in [1.165, 1.54) is 22.4 Å². The van der Waals surface area contributed by atoms with Crippen LogP contribution in [-0.4, -0.2) is 26.3 Å². The predicted octanol–water partition coefficient (Wildman–Crippen LogP) is 3.62. The van der Waals surface area contributed by atoms with Gasteiger partial charge in [-0.05, 0) is 43.0 Å². The zero-order chi connectivity index (χ0) is 14.5. The molecule has 0 amide bonds. The van der Waals surface area contributed by atoms with Gasteiger partial charge in [0.1, 0.15) is 0 Å². The third-order valence-corrected chi connectivity index (χ3v) is 4.11. The Kier molecular flexibility index (Phi) is 4.56. The van der Waals surface area contributed by atoms with E-state index in [0.29, 0.717) is 0 Å². The smallest absolute Gasteiger partial charge is 0.0642 e.